The summed E-state index contributed by atoms with van der Waals surface area (Å²) in [6.07, 6.45) is 9.91. The van der Waals surface area contributed by atoms with E-state index in [4.69, 9.17) is 15.3 Å². The Morgan fingerprint density at radius 1 is 1.47 bits per heavy atom. The van der Waals surface area contributed by atoms with Crippen LogP contribution in [0.5, 0.6) is 0 Å². The zero-order valence-corrected chi connectivity index (χ0v) is 17.8. The standard InChI is InChI=1S/C21H32N6O3/c1-4-26-12-17(13-30-26)23-16(3)24-21-15(2)11-20(29-14-19(22)28)25-27(21)18-9-7-5-6-8-10-18/h7,9-10,17,23-24H,3-6,8,11-14H2,1-2H3,(H2,22,28)/t17-/m1/s1. The minimum atomic E-state index is -0.527. The van der Waals surface area contributed by atoms with Crippen LogP contribution in [0.25, 0.3) is 0 Å². The Bertz CT molecular complexity index is 786. The van der Waals surface area contributed by atoms with Gasteiger partial charge in [0, 0.05) is 13.1 Å². The molecule has 2 heterocycles. The lowest BCUT2D eigenvalue weighted by Crippen LogP contribution is -2.41. The Balaban J connectivity index is 1.74. The maximum Gasteiger partial charge on any atom is 0.255 e. The zero-order chi connectivity index (χ0) is 21.5. The number of carbonyl (C=O) groups excluding carboxylic acids is 1. The third-order valence-corrected chi connectivity index (χ3v) is 4.97. The van der Waals surface area contributed by atoms with Crippen LogP contribution >= 0.6 is 0 Å². The summed E-state index contributed by atoms with van der Waals surface area (Å²) in [6, 6.07) is 0.165. The number of amides is 1. The number of hydrogen-bond donors (Lipinski definition) is 3. The fourth-order valence-corrected chi connectivity index (χ4v) is 3.46. The summed E-state index contributed by atoms with van der Waals surface area (Å²) in [4.78, 5) is 16.7. The average Bonchev–Trinajstić information content (AvgIpc) is 2.99. The highest BCUT2D eigenvalue weighted by Crippen LogP contribution is 2.26. The lowest BCUT2D eigenvalue weighted by molar-refractivity contribution is -0.120. The largest absolute Gasteiger partial charge is 0.469 e. The molecule has 0 aromatic carbocycles. The Hall–Kier alpha value is -2.78. The molecule has 0 aromatic rings. The van der Waals surface area contributed by atoms with Crippen LogP contribution in [0.15, 0.2) is 52.8 Å². The molecular weight excluding hydrogens is 384 g/mol. The fraction of sp³-hybridized carbons (Fsp3) is 0.524. The second-order valence-corrected chi connectivity index (χ2v) is 7.55. The highest BCUT2D eigenvalue weighted by atomic mass is 16.7. The van der Waals surface area contributed by atoms with Gasteiger partial charge < -0.3 is 21.1 Å². The van der Waals surface area contributed by atoms with Crippen LogP contribution in [0.3, 0.4) is 0 Å². The predicted octanol–water partition coefficient (Wildman–Crippen LogP) is 1.65. The van der Waals surface area contributed by atoms with Crippen molar-refractivity contribution in [3.8, 4) is 0 Å². The highest BCUT2D eigenvalue weighted by Gasteiger charge is 2.26. The summed E-state index contributed by atoms with van der Waals surface area (Å²) in [6.45, 7) is 10.3. The van der Waals surface area contributed by atoms with Crippen LogP contribution in [0, 0.1) is 0 Å². The van der Waals surface area contributed by atoms with Gasteiger partial charge in [-0.1, -0.05) is 25.7 Å². The molecule has 30 heavy (non-hydrogen) atoms. The molecule has 1 aliphatic carbocycles. The molecule has 9 heteroatoms. The summed E-state index contributed by atoms with van der Waals surface area (Å²) in [5.41, 5.74) is 7.19. The van der Waals surface area contributed by atoms with Gasteiger partial charge in [0.1, 0.15) is 5.82 Å². The van der Waals surface area contributed by atoms with E-state index in [1.807, 2.05) is 17.0 Å². The topological polar surface area (TPSA) is 104 Å². The van der Waals surface area contributed by atoms with E-state index in [9.17, 15) is 4.79 Å². The monoisotopic (exact) mass is 416 g/mol. The summed E-state index contributed by atoms with van der Waals surface area (Å²) in [7, 11) is 0. The van der Waals surface area contributed by atoms with E-state index in [1.54, 1.807) is 0 Å². The molecule has 3 aliphatic rings. The van der Waals surface area contributed by atoms with Crippen molar-refractivity contribution in [1.82, 2.24) is 20.7 Å². The van der Waals surface area contributed by atoms with E-state index in [1.165, 1.54) is 0 Å². The van der Waals surface area contributed by atoms with Gasteiger partial charge in [-0.15, -0.1) is 5.10 Å². The number of allylic oxidation sites excluding steroid dienone is 3. The van der Waals surface area contributed by atoms with E-state index in [2.05, 4.69) is 47.5 Å². The number of nitrogens with two attached hydrogens (primary N) is 1. The van der Waals surface area contributed by atoms with Crippen molar-refractivity contribution in [2.45, 2.75) is 45.6 Å². The zero-order valence-electron chi connectivity index (χ0n) is 17.8. The number of nitrogens with zero attached hydrogens (tertiary/aromatic N) is 3. The molecule has 1 amide bonds. The summed E-state index contributed by atoms with van der Waals surface area (Å²) in [5.74, 6) is 1.43. The average molecular weight is 417 g/mol. The third kappa shape index (κ3) is 5.87. The molecule has 0 saturated carbocycles. The van der Waals surface area contributed by atoms with Crippen molar-refractivity contribution >= 4 is 11.8 Å². The van der Waals surface area contributed by atoms with E-state index >= 15 is 0 Å². The van der Waals surface area contributed by atoms with E-state index in [0.29, 0.717) is 24.7 Å². The van der Waals surface area contributed by atoms with Crippen molar-refractivity contribution in [3.05, 3.63) is 47.7 Å². The van der Waals surface area contributed by atoms with Crippen LogP contribution in [0.1, 0.15) is 39.5 Å². The highest BCUT2D eigenvalue weighted by molar-refractivity contribution is 5.83. The van der Waals surface area contributed by atoms with Crippen LogP contribution in [0.4, 0.5) is 0 Å². The molecule has 0 unspecified atom stereocenters. The van der Waals surface area contributed by atoms with E-state index in [0.717, 1.165) is 49.4 Å². The predicted molar refractivity (Wildman–Crippen MR) is 115 cm³/mol. The Morgan fingerprint density at radius 3 is 3.03 bits per heavy atom. The van der Waals surface area contributed by atoms with Crippen molar-refractivity contribution in [1.29, 1.82) is 0 Å². The number of primary amides is 1. The molecule has 0 bridgehead atoms. The smallest absolute Gasteiger partial charge is 0.255 e. The SMILES string of the molecule is C=C(NC1=C(C)CC(OCC(N)=O)=NN1C1=CCCCC=C1)N[C@H]1CON(CC)C1. The number of carbonyl (C=O) groups is 1. The first kappa shape index (κ1) is 21.9. The second kappa shape index (κ2) is 10.3. The normalized spacial score (nSPS) is 22.3. The first-order valence-electron chi connectivity index (χ1n) is 10.4. The van der Waals surface area contributed by atoms with Gasteiger partial charge in [0.15, 0.2) is 6.61 Å². The first-order chi connectivity index (χ1) is 14.5. The summed E-state index contributed by atoms with van der Waals surface area (Å²) >= 11 is 0. The number of nitrogens with one attached hydrogen (secondary N) is 2. The molecule has 0 aromatic heterocycles. The van der Waals surface area contributed by atoms with Crippen molar-refractivity contribution < 1.29 is 14.4 Å². The third-order valence-electron chi connectivity index (χ3n) is 4.97. The first-order valence-corrected chi connectivity index (χ1v) is 10.4. The summed E-state index contributed by atoms with van der Waals surface area (Å²) in [5, 5.41) is 15.1. The molecule has 0 spiro atoms. The Labute approximate surface area is 177 Å². The maximum atomic E-state index is 11.1. The molecule has 1 saturated heterocycles. The van der Waals surface area contributed by atoms with Crippen LogP contribution in [0.2, 0.25) is 0 Å². The van der Waals surface area contributed by atoms with Crippen molar-refractivity contribution in [2.24, 2.45) is 10.8 Å². The fourth-order valence-electron chi connectivity index (χ4n) is 3.46. The molecule has 4 N–H and O–H groups in total. The van der Waals surface area contributed by atoms with E-state index < -0.39 is 5.91 Å². The molecule has 3 rings (SSSR count). The molecule has 1 atom stereocenters. The number of rotatable bonds is 8. The van der Waals surface area contributed by atoms with Gasteiger partial charge in [-0.25, -0.2) is 5.01 Å². The number of hydroxylamine groups is 2. The molecule has 1 fully saturated rings. The molecule has 0 radical (unpaired) electrons. The minimum absolute atomic E-state index is 0.165. The van der Waals surface area contributed by atoms with Gasteiger partial charge in [0.05, 0.1) is 30.6 Å². The van der Waals surface area contributed by atoms with E-state index in [-0.39, 0.29) is 12.6 Å². The number of hydrazone groups is 1. The number of ether oxygens (including phenoxy) is 1. The lowest BCUT2D eigenvalue weighted by Gasteiger charge is -2.31. The van der Waals surface area contributed by atoms with Gasteiger partial charge in [0.25, 0.3) is 5.91 Å². The van der Waals surface area contributed by atoms with Gasteiger partial charge in [0.2, 0.25) is 5.90 Å². The number of hydrogen-bond acceptors (Lipinski definition) is 8. The van der Waals surface area contributed by atoms with Crippen LogP contribution in [-0.4, -0.2) is 54.2 Å². The van der Waals surface area contributed by atoms with Gasteiger partial charge in [-0.2, -0.15) is 5.06 Å². The van der Waals surface area contributed by atoms with Gasteiger partial charge >= 0.3 is 0 Å². The Morgan fingerprint density at radius 2 is 2.30 bits per heavy atom. The van der Waals surface area contributed by atoms with Gasteiger partial charge in [-0.05, 0) is 37.8 Å². The van der Waals surface area contributed by atoms with Crippen molar-refractivity contribution in [2.75, 3.05) is 26.3 Å². The molecule has 2 aliphatic heterocycles. The van der Waals surface area contributed by atoms with Gasteiger partial charge in [-0.3, -0.25) is 9.63 Å². The lowest BCUT2D eigenvalue weighted by atomic mass is 10.1. The molecule has 164 valence electrons. The summed E-state index contributed by atoms with van der Waals surface area (Å²) < 4.78 is 5.51. The second-order valence-electron chi connectivity index (χ2n) is 7.55. The van der Waals surface area contributed by atoms with Crippen molar-refractivity contribution in [3.63, 3.8) is 0 Å². The van der Waals surface area contributed by atoms with Crippen LogP contribution in [-0.2, 0) is 14.4 Å². The molecule has 9 nitrogen and oxygen atoms in total. The maximum absolute atomic E-state index is 11.1. The number of likely N-dealkylation sites (N-methyl/N-ethyl adjacent to an activating group) is 1. The molecular formula is C21H32N6O3. The minimum Gasteiger partial charge on any atom is -0.469 e. The van der Waals surface area contributed by atoms with Crippen LogP contribution < -0.4 is 16.4 Å². The Kier molecular flexibility index (Phi) is 7.53. The quantitative estimate of drug-likeness (QED) is 0.553.